The molecule has 2 aromatic rings. The molecule has 22 heavy (non-hydrogen) atoms. The average molecular weight is 307 g/mol. The third kappa shape index (κ3) is 3.03. The minimum absolute atomic E-state index is 0.114. The summed E-state index contributed by atoms with van der Waals surface area (Å²) < 4.78 is 44.3. The first-order valence-electron chi connectivity index (χ1n) is 7.19. The lowest BCUT2D eigenvalue weighted by Gasteiger charge is -2.22. The molecule has 2 nitrogen and oxygen atoms in total. The number of hydrogen-bond acceptors (Lipinski definition) is 2. The number of fused-ring (bicyclic) bond motifs is 1. The molecular formula is C17H16F3NO. The van der Waals surface area contributed by atoms with Crippen LogP contribution in [0.4, 0.5) is 18.9 Å². The van der Waals surface area contributed by atoms with Gasteiger partial charge >= 0.3 is 6.18 Å². The van der Waals surface area contributed by atoms with Crippen molar-refractivity contribution in [1.82, 2.24) is 0 Å². The molecule has 0 aromatic heterocycles. The van der Waals surface area contributed by atoms with Gasteiger partial charge in [0.05, 0.1) is 5.56 Å². The van der Waals surface area contributed by atoms with Crippen LogP contribution in [0.25, 0.3) is 0 Å². The molecule has 0 saturated heterocycles. The van der Waals surface area contributed by atoms with E-state index in [-0.39, 0.29) is 12.4 Å². The first-order valence-corrected chi connectivity index (χ1v) is 7.19. The van der Waals surface area contributed by atoms with Crippen LogP contribution in [0, 0.1) is 0 Å². The first-order chi connectivity index (χ1) is 10.6. The summed E-state index contributed by atoms with van der Waals surface area (Å²) in [6, 6.07) is 11.1. The van der Waals surface area contributed by atoms with E-state index in [0.717, 1.165) is 36.7 Å². The van der Waals surface area contributed by atoms with Crippen molar-refractivity contribution in [2.45, 2.75) is 25.6 Å². The van der Waals surface area contributed by atoms with E-state index >= 15 is 0 Å². The molecule has 0 spiro atoms. The van der Waals surface area contributed by atoms with E-state index in [1.165, 1.54) is 17.7 Å². The predicted octanol–water partition coefficient (Wildman–Crippen LogP) is 4.64. The van der Waals surface area contributed by atoms with Crippen LogP contribution in [0.15, 0.2) is 42.5 Å². The molecule has 2 aromatic carbocycles. The molecule has 116 valence electrons. The number of benzene rings is 2. The normalized spacial score (nSPS) is 14.1. The quantitative estimate of drug-likeness (QED) is 0.891. The highest BCUT2D eigenvalue weighted by molar-refractivity contribution is 5.59. The zero-order valence-electron chi connectivity index (χ0n) is 11.9. The lowest BCUT2D eigenvalue weighted by Crippen LogP contribution is -2.15. The van der Waals surface area contributed by atoms with Crippen molar-refractivity contribution in [2.24, 2.45) is 0 Å². The van der Waals surface area contributed by atoms with Crippen molar-refractivity contribution in [1.29, 1.82) is 0 Å². The number of alkyl halides is 3. The molecule has 0 bridgehead atoms. The van der Waals surface area contributed by atoms with E-state index in [1.54, 1.807) is 6.07 Å². The van der Waals surface area contributed by atoms with Gasteiger partial charge in [-0.1, -0.05) is 30.3 Å². The summed E-state index contributed by atoms with van der Waals surface area (Å²) in [4.78, 5) is 0. The first kappa shape index (κ1) is 14.8. The minimum Gasteiger partial charge on any atom is -0.488 e. The predicted molar refractivity (Wildman–Crippen MR) is 79.0 cm³/mol. The highest BCUT2D eigenvalue weighted by Crippen LogP contribution is 2.36. The summed E-state index contributed by atoms with van der Waals surface area (Å²) in [6.45, 7) is 0.992. The van der Waals surface area contributed by atoms with Crippen LogP contribution in [-0.2, 0) is 19.2 Å². The van der Waals surface area contributed by atoms with Crippen molar-refractivity contribution >= 4 is 5.69 Å². The molecule has 3 rings (SSSR count). The second kappa shape index (κ2) is 5.91. The van der Waals surface area contributed by atoms with E-state index in [1.807, 2.05) is 18.2 Å². The maximum Gasteiger partial charge on any atom is 0.419 e. The van der Waals surface area contributed by atoms with Crippen LogP contribution in [-0.4, -0.2) is 6.54 Å². The lowest BCUT2D eigenvalue weighted by molar-refractivity contribution is -0.139. The van der Waals surface area contributed by atoms with Crippen LogP contribution in [0.5, 0.6) is 5.75 Å². The number of anilines is 1. The number of nitrogens with one attached hydrogen (secondary N) is 1. The highest BCUT2D eigenvalue weighted by Gasteiger charge is 2.34. The van der Waals surface area contributed by atoms with Gasteiger partial charge in [0.2, 0.25) is 0 Å². The van der Waals surface area contributed by atoms with Gasteiger partial charge in [-0.2, -0.15) is 13.2 Å². The molecule has 1 aliphatic rings. The summed E-state index contributed by atoms with van der Waals surface area (Å²) in [5, 5.41) is 3.31. The van der Waals surface area contributed by atoms with Gasteiger partial charge in [0.1, 0.15) is 12.4 Å². The molecular weight excluding hydrogens is 291 g/mol. The SMILES string of the molecule is FC(F)(F)c1ccccc1OCc1cccc2c1NCCC2. The molecule has 1 N–H and O–H groups in total. The van der Waals surface area contributed by atoms with Gasteiger partial charge in [0.25, 0.3) is 0 Å². The monoisotopic (exact) mass is 307 g/mol. The fraction of sp³-hybridized carbons (Fsp3) is 0.294. The maximum atomic E-state index is 13.0. The number of hydrogen-bond donors (Lipinski definition) is 1. The van der Waals surface area contributed by atoms with Gasteiger partial charge in [-0.05, 0) is 30.5 Å². The van der Waals surface area contributed by atoms with Crippen LogP contribution in [0.3, 0.4) is 0 Å². The van der Waals surface area contributed by atoms with Gasteiger partial charge < -0.3 is 10.1 Å². The largest absolute Gasteiger partial charge is 0.488 e. The highest BCUT2D eigenvalue weighted by atomic mass is 19.4. The van der Waals surface area contributed by atoms with Gasteiger partial charge in [-0.15, -0.1) is 0 Å². The second-order valence-corrected chi connectivity index (χ2v) is 5.26. The number of para-hydroxylation sites is 2. The van der Waals surface area contributed by atoms with Gasteiger partial charge in [-0.3, -0.25) is 0 Å². The number of aryl methyl sites for hydroxylation is 1. The zero-order valence-corrected chi connectivity index (χ0v) is 11.9. The van der Waals surface area contributed by atoms with Crippen molar-refractivity contribution < 1.29 is 17.9 Å². The van der Waals surface area contributed by atoms with Crippen LogP contribution >= 0.6 is 0 Å². The zero-order chi connectivity index (χ0) is 15.6. The summed E-state index contributed by atoms with van der Waals surface area (Å²) in [7, 11) is 0. The fourth-order valence-corrected chi connectivity index (χ4v) is 2.68. The Morgan fingerprint density at radius 1 is 1.05 bits per heavy atom. The molecule has 0 saturated carbocycles. The Kier molecular flexibility index (Phi) is 3.96. The Balaban J connectivity index is 1.82. The van der Waals surface area contributed by atoms with Crippen molar-refractivity contribution in [3.63, 3.8) is 0 Å². The van der Waals surface area contributed by atoms with E-state index < -0.39 is 11.7 Å². The van der Waals surface area contributed by atoms with Crippen LogP contribution < -0.4 is 10.1 Å². The Morgan fingerprint density at radius 2 is 1.86 bits per heavy atom. The van der Waals surface area contributed by atoms with Gasteiger partial charge in [0, 0.05) is 17.8 Å². The molecule has 0 unspecified atom stereocenters. The molecule has 0 aliphatic carbocycles. The van der Waals surface area contributed by atoms with Gasteiger partial charge in [0.15, 0.2) is 0 Å². The van der Waals surface area contributed by atoms with E-state index in [4.69, 9.17) is 4.74 Å². The Morgan fingerprint density at radius 3 is 2.68 bits per heavy atom. The number of ether oxygens (including phenoxy) is 1. The van der Waals surface area contributed by atoms with Crippen LogP contribution in [0.2, 0.25) is 0 Å². The van der Waals surface area contributed by atoms with E-state index in [2.05, 4.69) is 5.32 Å². The number of halogens is 3. The molecule has 0 amide bonds. The molecule has 0 radical (unpaired) electrons. The van der Waals surface area contributed by atoms with E-state index in [9.17, 15) is 13.2 Å². The summed E-state index contributed by atoms with van der Waals surface area (Å²) in [5.74, 6) is -0.136. The second-order valence-electron chi connectivity index (χ2n) is 5.26. The average Bonchev–Trinajstić information content (AvgIpc) is 2.52. The Hall–Kier alpha value is -2.17. The number of rotatable bonds is 3. The molecule has 0 fully saturated rings. The molecule has 1 heterocycles. The van der Waals surface area contributed by atoms with Gasteiger partial charge in [-0.25, -0.2) is 0 Å². The van der Waals surface area contributed by atoms with Crippen molar-refractivity contribution in [3.8, 4) is 5.75 Å². The standard InChI is InChI=1S/C17H16F3NO/c18-17(19,20)14-8-1-2-9-15(14)22-11-13-6-3-5-12-7-4-10-21-16(12)13/h1-3,5-6,8-9,21H,4,7,10-11H2. The summed E-state index contributed by atoms with van der Waals surface area (Å²) >= 11 is 0. The smallest absolute Gasteiger partial charge is 0.419 e. The van der Waals surface area contributed by atoms with Crippen LogP contribution in [0.1, 0.15) is 23.1 Å². The Bertz CT molecular complexity index is 667. The summed E-state index contributed by atoms with van der Waals surface area (Å²) in [6.07, 6.45) is -2.37. The third-order valence-electron chi connectivity index (χ3n) is 3.74. The molecule has 0 atom stereocenters. The Labute approximate surface area is 126 Å². The molecule has 5 heteroatoms. The minimum atomic E-state index is -4.41. The lowest BCUT2D eigenvalue weighted by atomic mass is 10.00. The van der Waals surface area contributed by atoms with Crippen molar-refractivity contribution in [3.05, 3.63) is 59.2 Å². The maximum absolute atomic E-state index is 13.0. The molecule has 1 aliphatic heterocycles. The third-order valence-corrected chi connectivity index (χ3v) is 3.74. The topological polar surface area (TPSA) is 21.3 Å². The summed E-state index contributed by atoms with van der Waals surface area (Å²) in [5.41, 5.74) is 2.33. The van der Waals surface area contributed by atoms with Crippen molar-refractivity contribution in [2.75, 3.05) is 11.9 Å². The fourth-order valence-electron chi connectivity index (χ4n) is 2.68. The van der Waals surface area contributed by atoms with E-state index in [0.29, 0.717) is 0 Å².